The predicted molar refractivity (Wildman–Crippen MR) is 69.6 cm³/mol. The normalized spacial score (nSPS) is 10.5. The summed E-state index contributed by atoms with van der Waals surface area (Å²) in [6.45, 7) is 2.56. The minimum absolute atomic E-state index is 0.0809. The van der Waals surface area contributed by atoms with Crippen LogP contribution in [0.15, 0.2) is 35.7 Å². The number of carbonyl (C=O) groups excluding carboxylic acids is 1. The Hall–Kier alpha value is -1.45. The van der Waals surface area contributed by atoms with Crippen LogP contribution in [0.25, 0.3) is 0 Å². The molecule has 2 rings (SSSR count). The molecule has 0 aliphatic carbocycles. The molecular weight excluding hydrogens is 232 g/mol. The highest BCUT2D eigenvalue weighted by molar-refractivity contribution is 7.12. The minimum Gasteiger partial charge on any atom is -0.380 e. The molecule has 2 aromatic rings. The van der Waals surface area contributed by atoms with Crippen LogP contribution in [0, 0.1) is 6.92 Å². The molecule has 0 aliphatic heterocycles. The van der Waals surface area contributed by atoms with E-state index < -0.39 is 0 Å². The SMILES string of the molecule is COCc1cc(C(=O)c2cccs2)ccc1C. The minimum atomic E-state index is 0.0809. The zero-order valence-corrected chi connectivity index (χ0v) is 10.7. The first-order valence-corrected chi connectivity index (χ1v) is 6.27. The van der Waals surface area contributed by atoms with E-state index in [9.17, 15) is 4.79 Å². The average molecular weight is 246 g/mol. The van der Waals surface area contributed by atoms with Gasteiger partial charge in [0.25, 0.3) is 0 Å². The van der Waals surface area contributed by atoms with Crippen LogP contribution in [-0.2, 0) is 11.3 Å². The maximum Gasteiger partial charge on any atom is 0.202 e. The van der Waals surface area contributed by atoms with Crippen molar-refractivity contribution < 1.29 is 9.53 Å². The Morgan fingerprint density at radius 3 is 2.82 bits per heavy atom. The van der Waals surface area contributed by atoms with Crippen LogP contribution in [0.1, 0.15) is 26.4 Å². The lowest BCUT2D eigenvalue weighted by Gasteiger charge is -2.06. The Kier molecular flexibility index (Phi) is 3.71. The maximum absolute atomic E-state index is 12.1. The van der Waals surface area contributed by atoms with Gasteiger partial charge in [0.1, 0.15) is 0 Å². The highest BCUT2D eigenvalue weighted by Gasteiger charge is 2.11. The van der Waals surface area contributed by atoms with Gasteiger partial charge in [-0.3, -0.25) is 4.79 Å². The lowest BCUT2D eigenvalue weighted by Crippen LogP contribution is -2.01. The van der Waals surface area contributed by atoms with E-state index in [-0.39, 0.29) is 5.78 Å². The van der Waals surface area contributed by atoms with Crippen molar-refractivity contribution in [1.29, 1.82) is 0 Å². The molecule has 0 spiro atoms. The molecule has 1 aromatic heterocycles. The molecule has 0 bridgehead atoms. The van der Waals surface area contributed by atoms with Crippen LogP contribution < -0.4 is 0 Å². The molecule has 0 saturated carbocycles. The van der Waals surface area contributed by atoms with Crippen molar-refractivity contribution in [1.82, 2.24) is 0 Å². The van der Waals surface area contributed by atoms with Crippen LogP contribution in [0.2, 0.25) is 0 Å². The summed E-state index contributed by atoms with van der Waals surface area (Å²) in [7, 11) is 1.66. The summed E-state index contributed by atoms with van der Waals surface area (Å²) < 4.78 is 5.13. The fraction of sp³-hybridized carbons (Fsp3) is 0.214. The van der Waals surface area contributed by atoms with E-state index in [2.05, 4.69) is 0 Å². The summed E-state index contributed by atoms with van der Waals surface area (Å²) in [5.74, 6) is 0.0809. The molecule has 3 heteroatoms. The third-order valence-corrected chi connectivity index (χ3v) is 3.52. The number of carbonyl (C=O) groups is 1. The van der Waals surface area contributed by atoms with E-state index in [1.165, 1.54) is 11.3 Å². The molecule has 0 saturated heterocycles. The lowest BCUT2D eigenvalue weighted by atomic mass is 10.0. The molecular formula is C14H14O2S. The van der Waals surface area contributed by atoms with Gasteiger partial charge in [0.2, 0.25) is 5.78 Å². The Morgan fingerprint density at radius 2 is 2.18 bits per heavy atom. The van der Waals surface area contributed by atoms with E-state index in [1.54, 1.807) is 7.11 Å². The van der Waals surface area contributed by atoms with Crippen LogP contribution in [0.5, 0.6) is 0 Å². The van der Waals surface area contributed by atoms with Crippen LogP contribution in [0.4, 0.5) is 0 Å². The molecule has 0 unspecified atom stereocenters. The number of ketones is 1. The van der Waals surface area contributed by atoms with E-state index in [0.717, 1.165) is 21.6 Å². The fourth-order valence-electron chi connectivity index (χ4n) is 1.67. The van der Waals surface area contributed by atoms with Crippen molar-refractivity contribution >= 4 is 17.1 Å². The zero-order valence-electron chi connectivity index (χ0n) is 9.90. The number of ether oxygens (including phenoxy) is 1. The van der Waals surface area contributed by atoms with Crippen LogP contribution in [-0.4, -0.2) is 12.9 Å². The smallest absolute Gasteiger partial charge is 0.202 e. The molecule has 1 aromatic carbocycles. The molecule has 0 fully saturated rings. The number of rotatable bonds is 4. The van der Waals surface area contributed by atoms with Gasteiger partial charge in [-0.2, -0.15) is 0 Å². The topological polar surface area (TPSA) is 26.3 Å². The third-order valence-electron chi connectivity index (χ3n) is 2.66. The second-order valence-electron chi connectivity index (χ2n) is 3.88. The summed E-state index contributed by atoms with van der Waals surface area (Å²) in [5.41, 5.74) is 2.94. The monoisotopic (exact) mass is 246 g/mol. The fourth-order valence-corrected chi connectivity index (χ4v) is 2.36. The van der Waals surface area contributed by atoms with Crippen molar-refractivity contribution in [2.75, 3.05) is 7.11 Å². The molecule has 0 N–H and O–H groups in total. The van der Waals surface area contributed by atoms with Gasteiger partial charge in [0.05, 0.1) is 11.5 Å². The number of aryl methyl sites for hydroxylation is 1. The Morgan fingerprint density at radius 1 is 1.35 bits per heavy atom. The second kappa shape index (κ2) is 5.25. The van der Waals surface area contributed by atoms with Crippen molar-refractivity contribution in [2.24, 2.45) is 0 Å². The lowest BCUT2D eigenvalue weighted by molar-refractivity contribution is 0.104. The Labute approximate surface area is 105 Å². The van der Waals surface area contributed by atoms with Gasteiger partial charge in [-0.05, 0) is 35.6 Å². The molecule has 2 nitrogen and oxygen atoms in total. The predicted octanol–water partition coefficient (Wildman–Crippen LogP) is 3.43. The quantitative estimate of drug-likeness (QED) is 0.772. The van der Waals surface area contributed by atoms with E-state index in [0.29, 0.717) is 6.61 Å². The number of methoxy groups -OCH3 is 1. The van der Waals surface area contributed by atoms with Gasteiger partial charge in [0.15, 0.2) is 0 Å². The molecule has 88 valence electrons. The largest absolute Gasteiger partial charge is 0.380 e. The first-order valence-electron chi connectivity index (χ1n) is 5.39. The summed E-state index contributed by atoms with van der Waals surface area (Å²) in [4.78, 5) is 12.9. The van der Waals surface area contributed by atoms with Crippen LogP contribution in [0.3, 0.4) is 0 Å². The van der Waals surface area contributed by atoms with Crippen molar-refractivity contribution in [3.63, 3.8) is 0 Å². The summed E-state index contributed by atoms with van der Waals surface area (Å²) in [5, 5.41) is 1.91. The van der Waals surface area contributed by atoms with Crippen molar-refractivity contribution in [3.05, 3.63) is 57.3 Å². The molecule has 0 aliphatic rings. The van der Waals surface area contributed by atoms with Gasteiger partial charge in [-0.25, -0.2) is 0 Å². The molecule has 0 atom stereocenters. The molecule has 0 amide bonds. The summed E-state index contributed by atoms with van der Waals surface area (Å²) in [6.07, 6.45) is 0. The number of hydrogen-bond donors (Lipinski definition) is 0. The number of benzene rings is 1. The Bertz CT molecular complexity index is 515. The van der Waals surface area contributed by atoms with Crippen molar-refractivity contribution in [2.45, 2.75) is 13.5 Å². The standard InChI is InChI=1S/C14H14O2S/c1-10-5-6-11(8-12(10)9-16-2)14(15)13-4-3-7-17-13/h3-8H,9H2,1-2H3. The summed E-state index contributed by atoms with van der Waals surface area (Å²) in [6, 6.07) is 9.50. The van der Waals surface area contributed by atoms with E-state index in [1.807, 2.05) is 42.6 Å². The van der Waals surface area contributed by atoms with Gasteiger partial charge in [0, 0.05) is 12.7 Å². The van der Waals surface area contributed by atoms with Gasteiger partial charge < -0.3 is 4.74 Å². The number of thiophene rings is 1. The highest BCUT2D eigenvalue weighted by atomic mass is 32.1. The first-order chi connectivity index (χ1) is 8.22. The van der Waals surface area contributed by atoms with E-state index >= 15 is 0 Å². The molecule has 17 heavy (non-hydrogen) atoms. The average Bonchev–Trinajstić information content (AvgIpc) is 2.85. The van der Waals surface area contributed by atoms with Crippen molar-refractivity contribution in [3.8, 4) is 0 Å². The highest BCUT2D eigenvalue weighted by Crippen LogP contribution is 2.18. The van der Waals surface area contributed by atoms with Gasteiger partial charge >= 0.3 is 0 Å². The second-order valence-corrected chi connectivity index (χ2v) is 4.83. The van der Waals surface area contributed by atoms with Gasteiger partial charge in [-0.1, -0.05) is 18.2 Å². The summed E-state index contributed by atoms with van der Waals surface area (Å²) >= 11 is 1.47. The van der Waals surface area contributed by atoms with Gasteiger partial charge in [-0.15, -0.1) is 11.3 Å². The first kappa shape index (κ1) is 12.0. The number of hydrogen-bond acceptors (Lipinski definition) is 3. The van der Waals surface area contributed by atoms with Crippen LogP contribution >= 0.6 is 11.3 Å². The maximum atomic E-state index is 12.1. The zero-order chi connectivity index (χ0) is 12.3. The third kappa shape index (κ3) is 2.62. The Balaban J connectivity index is 2.33. The van der Waals surface area contributed by atoms with E-state index in [4.69, 9.17) is 4.74 Å². The molecule has 1 heterocycles. The molecule has 0 radical (unpaired) electrons.